The fourth-order valence-electron chi connectivity index (χ4n) is 3.08. The maximum Gasteiger partial charge on any atom is 0.236 e. The molecule has 2 aliphatic rings. The van der Waals surface area contributed by atoms with Gasteiger partial charge in [-0.25, -0.2) is 0 Å². The van der Waals surface area contributed by atoms with Crippen molar-refractivity contribution in [2.75, 3.05) is 24.6 Å². The van der Waals surface area contributed by atoms with Crippen LogP contribution in [0, 0.1) is 5.41 Å². The molecule has 5 nitrogen and oxygen atoms in total. The highest BCUT2D eigenvalue weighted by Crippen LogP contribution is 2.37. The first-order valence-corrected chi connectivity index (χ1v) is 8.21. The predicted octanol–water partition coefficient (Wildman–Crippen LogP) is 1.65. The van der Waals surface area contributed by atoms with Gasteiger partial charge < -0.3 is 15.8 Å². The van der Waals surface area contributed by atoms with E-state index in [1.165, 1.54) is 0 Å². The number of rotatable bonds is 2. The number of oxime groups is 1. The van der Waals surface area contributed by atoms with Crippen LogP contribution in [0.1, 0.15) is 38.5 Å². The van der Waals surface area contributed by atoms with E-state index in [0.717, 1.165) is 50.3 Å². The second-order valence-electron chi connectivity index (χ2n) is 5.39. The molecule has 0 aromatic heterocycles. The smallest absolute Gasteiger partial charge is 0.236 e. The van der Waals surface area contributed by atoms with Gasteiger partial charge in [-0.2, -0.15) is 11.8 Å². The van der Waals surface area contributed by atoms with Crippen molar-refractivity contribution in [3.63, 3.8) is 0 Å². The number of nitrogens with two attached hydrogens (primary N) is 1. The van der Waals surface area contributed by atoms with Gasteiger partial charge in [0.25, 0.3) is 0 Å². The van der Waals surface area contributed by atoms with E-state index < -0.39 is 5.41 Å². The lowest BCUT2D eigenvalue weighted by Crippen LogP contribution is -2.53. The Morgan fingerprint density at radius 3 is 2.26 bits per heavy atom. The Morgan fingerprint density at radius 2 is 1.74 bits per heavy atom. The van der Waals surface area contributed by atoms with Crippen LogP contribution in [0.5, 0.6) is 0 Å². The summed E-state index contributed by atoms with van der Waals surface area (Å²) in [7, 11) is 0. The van der Waals surface area contributed by atoms with Gasteiger partial charge in [-0.1, -0.05) is 30.8 Å². The number of thioether (sulfide) groups is 1. The quantitative estimate of drug-likeness (QED) is 0.266. The second-order valence-corrected chi connectivity index (χ2v) is 6.61. The third-order valence-corrected chi connectivity index (χ3v) is 5.21. The lowest BCUT2D eigenvalue weighted by Gasteiger charge is -2.37. The first-order valence-electron chi connectivity index (χ1n) is 7.06. The summed E-state index contributed by atoms with van der Waals surface area (Å²) < 4.78 is 0. The summed E-state index contributed by atoms with van der Waals surface area (Å²) in [6.45, 7) is 1.56. The summed E-state index contributed by atoms with van der Waals surface area (Å²) >= 11 is 1.88. The molecule has 1 aliphatic heterocycles. The molecule has 0 atom stereocenters. The maximum atomic E-state index is 12.9. The van der Waals surface area contributed by atoms with Gasteiger partial charge in [-0.05, 0) is 12.8 Å². The van der Waals surface area contributed by atoms with Crippen LogP contribution in [-0.2, 0) is 4.79 Å². The maximum absolute atomic E-state index is 12.9. The van der Waals surface area contributed by atoms with Gasteiger partial charge in [0, 0.05) is 24.6 Å². The average Bonchev–Trinajstić information content (AvgIpc) is 2.73. The summed E-state index contributed by atoms with van der Waals surface area (Å²) in [4.78, 5) is 14.8. The van der Waals surface area contributed by atoms with Crippen LogP contribution >= 0.6 is 11.8 Å². The van der Waals surface area contributed by atoms with E-state index in [2.05, 4.69) is 5.16 Å². The molecule has 0 bridgehead atoms. The van der Waals surface area contributed by atoms with Crippen molar-refractivity contribution in [3.05, 3.63) is 0 Å². The molecule has 0 unspecified atom stereocenters. The van der Waals surface area contributed by atoms with Crippen LogP contribution in [0.3, 0.4) is 0 Å². The van der Waals surface area contributed by atoms with E-state index >= 15 is 0 Å². The minimum Gasteiger partial charge on any atom is -0.409 e. The highest BCUT2D eigenvalue weighted by Gasteiger charge is 2.45. The standard InChI is InChI=1S/C13H23N3O2S/c14-11(15-18)13(5-3-1-2-4-6-13)12(17)16-7-9-19-10-8-16/h18H,1-10H2,(H2,14,15). The largest absolute Gasteiger partial charge is 0.409 e. The Balaban J connectivity index is 2.22. The van der Waals surface area contributed by atoms with Crippen molar-refractivity contribution in [1.29, 1.82) is 0 Å². The lowest BCUT2D eigenvalue weighted by molar-refractivity contribution is -0.138. The number of carbonyl (C=O) groups excluding carboxylic acids is 1. The number of hydrogen-bond donors (Lipinski definition) is 2. The number of hydrogen-bond acceptors (Lipinski definition) is 4. The molecule has 1 heterocycles. The van der Waals surface area contributed by atoms with E-state index in [0.29, 0.717) is 12.8 Å². The Hall–Kier alpha value is -0.910. The molecule has 0 aromatic carbocycles. The van der Waals surface area contributed by atoms with Gasteiger partial charge in [0.2, 0.25) is 5.91 Å². The van der Waals surface area contributed by atoms with Gasteiger partial charge in [0.05, 0.1) is 0 Å². The second kappa shape index (κ2) is 6.50. The molecule has 3 N–H and O–H groups in total. The highest BCUT2D eigenvalue weighted by molar-refractivity contribution is 7.99. The minimum atomic E-state index is -0.757. The third-order valence-electron chi connectivity index (χ3n) is 4.26. The van der Waals surface area contributed by atoms with Crippen molar-refractivity contribution in [2.24, 2.45) is 16.3 Å². The normalized spacial score (nSPS) is 24.8. The first-order chi connectivity index (χ1) is 9.20. The Labute approximate surface area is 118 Å². The molecule has 2 rings (SSSR count). The van der Waals surface area contributed by atoms with Crippen molar-refractivity contribution >= 4 is 23.5 Å². The molecule has 0 radical (unpaired) electrons. The van der Waals surface area contributed by atoms with Crippen LogP contribution in [0.15, 0.2) is 5.16 Å². The van der Waals surface area contributed by atoms with Crippen molar-refractivity contribution < 1.29 is 10.0 Å². The van der Waals surface area contributed by atoms with Gasteiger partial charge in [-0.15, -0.1) is 0 Å². The molecule has 2 fully saturated rings. The zero-order valence-electron chi connectivity index (χ0n) is 11.3. The molecule has 1 amide bonds. The topological polar surface area (TPSA) is 78.9 Å². The summed E-state index contributed by atoms with van der Waals surface area (Å²) in [5, 5.41) is 12.3. The third kappa shape index (κ3) is 2.99. The van der Waals surface area contributed by atoms with E-state index in [1.807, 2.05) is 16.7 Å². The molecule has 1 saturated carbocycles. The first kappa shape index (κ1) is 14.5. The SMILES string of the molecule is NC(=NO)C1(C(=O)N2CCSCC2)CCCCCC1. The van der Waals surface area contributed by atoms with E-state index in [9.17, 15) is 4.79 Å². The van der Waals surface area contributed by atoms with E-state index in [1.54, 1.807) is 0 Å². The molecule has 1 saturated heterocycles. The van der Waals surface area contributed by atoms with Crippen molar-refractivity contribution in [1.82, 2.24) is 4.90 Å². The predicted molar refractivity (Wildman–Crippen MR) is 77.4 cm³/mol. The van der Waals surface area contributed by atoms with Crippen LogP contribution in [0.2, 0.25) is 0 Å². The Morgan fingerprint density at radius 1 is 1.16 bits per heavy atom. The zero-order valence-corrected chi connectivity index (χ0v) is 12.1. The fraction of sp³-hybridized carbons (Fsp3) is 0.846. The molecule has 108 valence electrons. The number of amidine groups is 1. The molecule has 6 heteroatoms. The highest BCUT2D eigenvalue weighted by atomic mass is 32.2. The fourth-order valence-corrected chi connectivity index (χ4v) is 3.98. The molecule has 0 aromatic rings. The summed E-state index contributed by atoms with van der Waals surface area (Å²) in [5.41, 5.74) is 5.15. The van der Waals surface area contributed by atoms with Gasteiger partial charge in [0.15, 0.2) is 5.84 Å². The molecule has 19 heavy (non-hydrogen) atoms. The summed E-state index contributed by atoms with van der Waals surface area (Å²) in [5.74, 6) is 2.15. The van der Waals surface area contributed by atoms with Crippen LogP contribution in [-0.4, -0.2) is 46.4 Å². The van der Waals surface area contributed by atoms with E-state index in [-0.39, 0.29) is 11.7 Å². The number of amides is 1. The molecular formula is C13H23N3O2S. The van der Waals surface area contributed by atoms with Gasteiger partial charge in [-0.3, -0.25) is 4.79 Å². The number of nitrogens with zero attached hydrogens (tertiary/aromatic N) is 2. The van der Waals surface area contributed by atoms with E-state index in [4.69, 9.17) is 10.9 Å². The minimum absolute atomic E-state index is 0.0741. The zero-order chi connectivity index (χ0) is 13.7. The lowest BCUT2D eigenvalue weighted by atomic mass is 9.77. The van der Waals surface area contributed by atoms with Crippen molar-refractivity contribution in [2.45, 2.75) is 38.5 Å². The summed E-state index contributed by atoms with van der Waals surface area (Å²) in [6.07, 6.45) is 5.64. The van der Waals surface area contributed by atoms with Crippen LogP contribution < -0.4 is 5.73 Å². The van der Waals surface area contributed by atoms with Gasteiger partial charge in [0.1, 0.15) is 5.41 Å². The van der Waals surface area contributed by atoms with Crippen LogP contribution in [0.4, 0.5) is 0 Å². The number of carbonyl (C=O) groups is 1. The monoisotopic (exact) mass is 285 g/mol. The Kier molecular flexibility index (Phi) is 4.96. The summed E-state index contributed by atoms with van der Waals surface area (Å²) in [6, 6.07) is 0. The van der Waals surface area contributed by atoms with Crippen molar-refractivity contribution in [3.8, 4) is 0 Å². The molecule has 1 aliphatic carbocycles. The average molecular weight is 285 g/mol. The molecule has 0 spiro atoms. The Bertz CT molecular complexity index is 346. The molecular weight excluding hydrogens is 262 g/mol. The van der Waals surface area contributed by atoms with Crippen LogP contribution in [0.25, 0.3) is 0 Å². The van der Waals surface area contributed by atoms with Gasteiger partial charge >= 0.3 is 0 Å².